The van der Waals surface area contributed by atoms with Gasteiger partial charge in [-0.3, -0.25) is 0 Å². The van der Waals surface area contributed by atoms with Gasteiger partial charge in [-0.05, 0) is 17.7 Å². The zero-order valence-corrected chi connectivity index (χ0v) is 20.1. The third kappa shape index (κ3) is 7.84. The number of piperazine rings is 1. The fraction of sp³-hybridized carbons (Fsp3) is 0.440. The van der Waals surface area contributed by atoms with Crippen molar-refractivity contribution >= 4 is 17.7 Å². The lowest BCUT2D eigenvalue weighted by Gasteiger charge is -2.35. The lowest BCUT2D eigenvalue weighted by atomic mass is 10.1. The van der Waals surface area contributed by atoms with Crippen LogP contribution in [0.4, 0.5) is 17.7 Å². The number of hydrogen-bond acceptors (Lipinski definition) is 10. The summed E-state index contributed by atoms with van der Waals surface area (Å²) in [4.78, 5) is 23.2. The Morgan fingerprint density at radius 2 is 1.54 bits per heavy atom. The van der Waals surface area contributed by atoms with Crippen LogP contribution in [0.25, 0.3) is 0 Å². The topological polar surface area (TPSA) is 115 Å². The van der Waals surface area contributed by atoms with Crippen LogP contribution in [-0.4, -0.2) is 85.6 Å². The summed E-state index contributed by atoms with van der Waals surface area (Å²) >= 11 is 0. The first-order valence-electron chi connectivity index (χ1n) is 12.1. The quantitative estimate of drug-likeness (QED) is 0.351. The van der Waals surface area contributed by atoms with Crippen LogP contribution in [0, 0.1) is 0 Å². The highest BCUT2D eigenvalue weighted by Crippen LogP contribution is 2.18. The molecule has 0 atom stereocenters. The molecule has 1 aliphatic rings. The number of nitrogens with one attached hydrogen (secondary N) is 1. The highest BCUT2D eigenvalue weighted by atomic mass is 16.5. The zero-order chi connectivity index (χ0) is 24.1. The number of aromatic nitrogens is 4. The van der Waals surface area contributed by atoms with E-state index in [2.05, 4.69) is 37.2 Å². The van der Waals surface area contributed by atoms with E-state index >= 15 is 0 Å². The molecule has 1 aliphatic heterocycles. The third-order valence-corrected chi connectivity index (χ3v) is 5.57. The van der Waals surface area contributed by atoms with E-state index < -0.39 is 0 Å². The van der Waals surface area contributed by atoms with Gasteiger partial charge in [0.25, 0.3) is 0 Å². The predicted octanol–water partition coefficient (Wildman–Crippen LogP) is 1.59. The molecule has 0 amide bonds. The average molecular weight is 479 g/mol. The van der Waals surface area contributed by atoms with Gasteiger partial charge >= 0.3 is 0 Å². The molecule has 1 fully saturated rings. The van der Waals surface area contributed by atoms with Gasteiger partial charge in [-0.1, -0.05) is 36.4 Å². The van der Waals surface area contributed by atoms with Crippen molar-refractivity contribution in [1.82, 2.24) is 19.9 Å². The molecular formula is C25H34N8O2. The number of anilines is 3. The Bertz CT molecular complexity index is 1000. The van der Waals surface area contributed by atoms with E-state index in [1.54, 1.807) is 0 Å². The van der Waals surface area contributed by atoms with Crippen molar-refractivity contribution in [1.29, 1.82) is 0 Å². The van der Waals surface area contributed by atoms with E-state index in [9.17, 15) is 0 Å². The largest absolute Gasteiger partial charge is 0.378 e. The molecule has 1 aromatic carbocycles. The van der Waals surface area contributed by atoms with Gasteiger partial charge in [-0.2, -0.15) is 15.0 Å². The maximum Gasteiger partial charge on any atom is 0.230 e. The number of nitrogens with zero attached hydrogens (tertiary/aromatic N) is 6. The van der Waals surface area contributed by atoms with Crippen LogP contribution in [-0.2, 0) is 15.9 Å². The summed E-state index contributed by atoms with van der Waals surface area (Å²) in [6, 6.07) is 16.2. The van der Waals surface area contributed by atoms with Crippen molar-refractivity contribution in [3.8, 4) is 0 Å². The van der Waals surface area contributed by atoms with Crippen molar-refractivity contribution in [3.63, 3.8) is 0 Å². The van der Waals surface area contributed by atoms with E-state index in [0.717, 1.165) is 43.4 Å². The normalized spacial score (nSPS) is 13.7. The SMILES string of the molecule is NCCOCCOCCNc1nc(Cc2ccccc2)nc(N2CCN(c3ccccn3)CC2)n1. The molecule has 0 radical (unpaired) electrons. The minimum absolute atomic E-state index is 0.521. The van der Waals surface area contributed by atoms with E-state index in [1.807, 2.05) is 42.6 Å². The Hall–Kier alpha value is -3.34. The first kappa shape index (κ1) is 24.8. The van der Waals surface area contributed by atoms with Crippen molar-refractivity contribution in [3.05, 3.63) is 66.1 Å². The summed E-state index contributed by atoms with van der Waals surface area (Å²) in [6.07, 6.45) is 2.48. The summed E-state index contributed by atoms with van der Waals surface area (Å²) in [7, 11) is 0. The highest BCUT2D eigenvalue weighted by molar-refractivity contribution is 5.43. The van der Waals surface area contributed by atoms with Gasteiger partial charge in [-0.25, -0.2) is 4.98 Å². The van der Waals surface area contributed by atoms with Gasteiger partial charge in [0.05, 0.1) is 26.4 Å². The fourth-order valence-electron chi connectivity index (χ4n) is 3.80. The molecule has 1 saturated heterocycles. The van der Waals surface area contributed by atoms with E-state index in [-0.39, 0.29) is 0 Å². The van der Waals surface area contributed by atoms with Gasteiger partial charge in [0, 0.05) is 51.9 Å². The molecule has 10 heteroatoms. The molecule has 2 aromatic heterocycles. The van der Waals surface area contributed by atoms with Crippen molar-refractivity contribution in [2.45, 2.75) is 6.42 Å². The van der Waals surface area contributed by atoms with Crippen molar-refractivity contribution < 1.29 is 9.47 Å². The molecule has 186 valence electrons. The van der Waals surface area contributed by atoms with Crippen molar-refractivity contribution in [2.24, 2.45) is 5.73 Å². The van der Waals surface area contributed by atoms with E-state index in [4.69, 9.17) is 25.2 Å². The second-order valence-corrected chi connectivity index (χ2v) is 8.14. The van der Waals surface area contributed by atoms with Crippen LogP contribution >= 0.6 is 0 Å². The van der Waals surface area contributed by atoms with Crippen LogP contribution in [0.3, 0.4) is 0 Å². The molecule has 0 aliphatic carbocycles. The molecular weight excluding hydrogens is 444 g/mol. The van der Waals surface area contributed by atoms with Gasteiger partial charge < -0.3 is 30.3 Å². The zero-order valence-electron chi connectivity index (χ0n) is 20.1. The smallest absolute Gasteiger partial charge is 0.230 e. The van der Waals surface area contributed by atoms with Gasteiger partial charge in [-0.15, -0.1) is 0 Å². The Balaban J connectivity index is 1.37. The first-order chi connectivity index (χ1) is 17.3. The second kappa shape index (κ2) is 13.5. The Labute approximate surface area is 206 Å². The Morgan fingerprint density at radius 1 is 0.800 bits per heavy atom. The molecule has 35 heavy (non-hydrogen) atoms. The van der Waals surface area contributed by atoms with Crippen LogP contribution in [0.2, 0.25) is 0 Å². The van der Waals surface area contributed by atoms with Gasteiger partial charge in [0.1, 0.15) is 11.6 Å². The number of ether oxygens (including phenoxy) is 2. The Kier molecular flexibility index (Phi) is 9.57. The lowest BCUT2D eigenvalue weighted by Crippen LogP contribution is -2.47. The minimum atomic E-state index is 0.521. The molecule has 0 unspecified atom stereocenters. The molecule has 0 saturated carbocycles. The third-order valence-electron chi connectivity index (χ3n) is 5.57. The molecule has 3 N–H and O–H groups in total. The number of benzene rings is 1. The lowest BCUT2D eigenvalue weighted by molar-refractivity contribution is 0.0547. The van der Waals surface area contributed by atoms with Crippen LogP contribution in [0.1, 0.15) is 11.4 Å². The summed E-state index contributed by atoms with van der Waals surface area (Å²) in [5, 5.41) is 3.29. The molecule has 3 aromatic rings. The van der Waals surface area contributed by atoms with Crippen LogP contribution < -0.4 is 20.9 Å². The first-order valence-corrected chi connectivity index (χ1v) is 12.1. The summed E-state index contributed by atoms with van der Waals surface area (Å²) in [5.41, 5.74) is 6.58. The summed E-state index contributed by atoms with van der Waals surface area (Å²) in [5.74, 6) is 3.01. The average Bonchev–Trinajstić information content (AvgIpc) is 2.91. The minimum Gasteiger partial charge on any atom is -0.378 e. The highest BCUT2D eigenvalue weighted by Gasteiger charge is 2.21. The Morgan fingerprint density at radius 3 is 2.29 bits per heavy atom. The number of nitrogens with two attached hydrogens (primary N) is 1. The molecule has 4 rings (SSSR count). The molecule has 0 spiro atoms. The molecule has 10 nitrogen and oxygen atoms in total. The standard InChI is InChI=1S/C25H34N8O2/c26-9-16-34-18-19-35-17-11-28-24-29-22(20-21-6-2-1-3-7-21)30-25(31-24)33-14-12-32(13-15-33)23-8-4-5-10-27-23/h1-8,10H,9,11-20,26H2,(H,28,29,30,31). The number of pyridine rings is 1. The van der Waals surface area contributed by atoms with Gasteiger partial charge in [0.2, 0.25) is 11.9 Å². The maximum atomic E-state index is 5.61. The molecule has 0 bridgehead atoms. The summed E-state index contributed by atoms with van der Waals surface area (Å²) in [6.45, 7) is 6.62. The van der Waals surface area contributed by atoms with E-state index in [1.165, 1.54) is 0 Å². The maximum absolute atomic E-state index is 5.61. The van der Waals surface area contributed by atoms with Crippen LogP contribution in [0.15, 0.2) is 54.7 Å². The predicted molar refractivity (Wildman–Crippen MR) is 137 cm³/mol. The monoisotopic (exact) mass is 478 g/mol. The molecule has 3 heterocycles. The van der Waals surface area contributed by atoms with E-state index in [0.29, 0.717) is 57.8 Å². The van der Waals surface area contributed by atoms with Gasteiger partial charge in [0.15, 0.2) is 0 Å². The fourth-order valence-corrected chi connectivity index (χ4v) is 3.80. The number of rotatable bonds is 13. The van der Waals surface area contributed by atoms with Crippen LogP contribution in [0.5, 0.6) is 0 Å². The summed E-state index contributed by atoms with van der Waals surface area (Å²) < 4.78 is 10.9. The second-order valence-electron chi connectivity index (χ2n) is 8.14. The van der Waals surface area contributed by atoms with Crippen molar-refractivity contribution in [2.75, 3.05) is 80.8 Å². The number of hydrogen-bond donors (Lipinski definition) is 2.